The molecule has 2 fully saturated rings. The predicted molar refractivity (Wildman–Crippen MR) is 151 cm³/mol. The van der Waals surface area contributed by atoms with Crippen LogP contribution in [0, 0.1) is 48.7 Å². The highest BCUT2D eigenvalue weighted by atomic mass is 19.1. The summed E-state index contributed by atoms with van der Waals surface area (Å²) in [5.41, 5.74) is 10.6. The number of rotatable bonds is 3. The fraction of sp³-hybridized carbons (Fsp3) is 0.440. The van der Waals surface area contributed by atoms with Crippen molar-refractivity contribution in [2.24, 2.45) is 0 Å². The average molecular weight is 559 g/mol. The average Bonchev–Trinajstić information content (AvgIpc) is 2.90. The van der Waals surface area contributed by atoms with Crippen LogP contribution in [0.4, 0.5) is 32.8 Å². The molecule has 2 heterocycles. The molecule has 14 nitrogen and oxygen atoms in total. The van der Waals surface area contributed by atoms with E-state index in [2.05, 4.69) is 22.2 Å². The summed E-state index contributed by atoms with van der Waals surface area (Å²) in [4.78, 5) is 26.3. The highest BCUT2D eigenvalue weighted by molar-refractivity contribution is 5.73. The van der Waals surface area contributed by atoms with Crippen molar-refractivity contribution in [1.82, 2.24) is 15.1 Å². The fourth-order valence-corrected chi connectivity index (χ4v) is 3.75. The number of nitrogens with zero attached hydrogens (tertiary/aromatic N) is 7. The lowest BCUT2D eigenvalue weighted by molar-refractivity contribution is -0.384. The molecular weight excluding hydrogens is 523 g/mol. The van der Waals surface area contributed by atoms with Crippen molar-refractivity contribution in [3.63, 3.8) is 0 Å². The van der Waals surface area contributed by atoms with Gasteiger partial charge >= 0.3 is 0 Å². The van der Waals surface area contributed by atoms with Gasteiger partial charge in [-0.1, -0.05) is 7.43 Å². The number of nitro groups is 2. The van der Waals surface area contributed by atoms with Crippen molar-refractivity contribution in [3.8, 4) is 12.1 Å². The Labute approximate surface area is 232 Å². The van der Waals surface area contributed by atoms with Crippen LogP contribution in [-0.4, -0.2) is 86.1 Å². The highest BCUT2D eigenvalue weighted by Gasteiger charge is 2.22. The van der Waals surface area contributed by atoms with Crippen LogP contribution in [0.1, 0.15) is 18.6 Å². The summed E-state index contributed by atoms with van der Waals surface area (Å²) in [5.74, 6) is -0.856. The highest BCUT2D eigenvalue weighted by Crippen LogP contribution is 2.31. The van der Waals surface area contributed by atoms with Gasteiger partial charge in [-0.15, -0.1) is 0 Å². The number of nitro benzene ring substituents is 2. The maximum absolute atomic E-state index is 12.8. The second-order valence-electron chi connectivity index (χ2n) is 8.90. The topological polar surface area (TPSA) is 208 Å². The van der Waals surface area contributed by atoms with Crippen molar-refractivity contribution in [1.29, 1.82) is 10.5 Å². The third kappa shape index (κ3) is 9.32. The van der Waals surface area contributed by atoms with Crippen LogP contribution in [0.3, 0.4) is 0 Å². The van der Waals surface area contributed by atoms with E-state index in [1.807, 2.05) is 18.0 Å². The molecule has 2 saturated heterocycles. The zero-order valence-corrected chi connectivity index (χ0v) is 21.8. The van der Waals surface area contributed by atoms with Crippen molar-refractivity contribution < 1.29 is 14.2 Å². The van der Waals surface area contributed by atoms with E-state index in [1.165, 1.54) is 31.3 Å². The quantitative estimate of drug-likeness (QED) is 0.281. The number of benzene rings is 2. The number of nitriles is 2. The molecule has 0 aromatic heterocycles. The van der Waals surface area contributed by atoms with E-state index in [9.17, 15) is 24.6 Å². The number of nitrogens with one attached hydrogen (secondary N) is 1. The molecule has 0 bridgehead atoms. The maximum atomic E-state index is 12.8. The Hall–Kier alpha value is -4.57. The smallest absolute Gasteiger partial charge is 0.293 e. The lowest BCUT2D eigenvalue weighted by Gasteiger charge is -2.34. The number of hydrogen-bond acceptors (Lipinski definition) is 12. The van der Waals surface area contributed by atoms with E-state index in [-0.39, 0.29) is 30.1 Å². The molecular formula is C25H35FN10O4. The standard InChI is InChI=1S/C12H15N5O2.C7H4FN3O2.C5H12N2.CH4/c1-15-2-4-16(5-3-15)11-7-10(14)12(17(18)19)6-9(11)8-13;8-5-2-6(10)7(11(12)13)1-4(5)3-9;1-7-4-2-6-3-5-7;/h6-7H,2-5,14H2,1H3;1-2H,10H2;6H,2-5H2,1H3;1H4. The van der Waals surface area contributed by atoms with E-state index >= 15 is 0 Å². The zero-order chi connectivity index (χ0) is 29.1. The third-order valence-corrected chi connectivity index (χ3v) is 6.08. The van der Waals surface area contributed by atoms with Gasteiger partial charge in [-0.05, 0) is 20.2 Å². The molecule has 216 valence electrons. The van der Waals surface area contributed by atoms with Crippen LogP contribution in [0.5, 0.6) is 0 Å². The van der Waals surface area contributed by atoms with E-state index in [0.29, 0.717) is 11.3 Å². The first-order valence-electron chi connectivity index (χ1n) is 11.9. The Morgan fingerprint density at radius 2 is 1.27 bits per heavy atom. The first-order valence-corrected chi connectivity index (χ1v) is 11.9. The van der Waals surface area contributed by atoms with Crippen LogP contribution in [-0.2, 0) is 0 Å². The Morgan fingerprint density at radius 3 is 1.70 bits per heavy atom. The molecule has 2 aromatic carbocycles. The molecule has 4 rings (SSSR count). The Balaban J connectivity index is 0.000000329. The molecule has 0 atom stereocenters. The minimum atomic E-state index is -0.856. The van der Waals surface area contributed by atoms with Gasteiger partial charge in [0.2, 0.25) is 0 Å². The number of likely N-dealkylation sites (N-methyl/N-ethyl adjacent to an activating group) is 2. The van der Waals surface area contributed by atoms with E-state index in [4.69, 9.17) is 22.0 Å². The van der Waals surface area contributed by atoms with Gasteiger partial charge in [-0.25, -0.2) is 4.39 Å². The molecule has 0 saturated carbocycles. The molecule has 0 spiro atoms. The molecule has 0 radical (unpaired) electrons. The van der Waals surface area contributed by atoms with Crippen molar-refractivity contribution in [3.05, 3.63) is 61.4 Å². The molecule has 0 unspecified atom stereocenters. The van der Waals surface area contributed by atoms with Gasteiger partial charge in [0.1, 0.15) is 29.3 Å². The molecule has 40 heavy (non-hydrogen) atoms. The molecule has 0 amide bonds. The summed E-state index contributed by atoms with van der Waals surface area (Å²) in [7, 11) is 4.19. The summed E-state index contributed by atoms with van der Waals surface area (Å²) in [6.45, 7) is 8.08. The van der Waals surface area contributed by atoms with Gasteiger partial charge in [0.05, 0.1) is 26.7 Å². The van der Waals surface area contributed by atoms with E-state index in [1.54, 1.807) is 0 Å². The van der Waals surface area contributed by atoms with Crippen molar-refractivity contribution in [2.75, 3.05) is 82.8 Å². The summed E-state index contributed by atoms with van der Waals surface area (Å²) in [6, 6.07) is 7.85. The summed E-state index contributed by atoms with van der Waals surface area (Å²) < 4.78 is 12.8. The second kappa shape index (κ2) is 15.7. The first-order chi connectivity index (χ1) is 18.5. The monoisotopic (exact) mass is 558 g/mol. The number of nitrogen functional groups attached to an aromatic ring is 2. The molecule has 5 N–H and O–H groups in total. The molecule has 15 heteroatoms. The molecule has 2 aromatic rings. The number of piperazine rings is 2. The lowest BCUT2D eigenvalue weighted by Crippen LogP contribution is -2.44. The second-order valence-corrected chi connectivity index (χ2v) is 8.90. The number of hydrogen-bond donors (Lipinski definition) is 3. The van der Waals surface area contributed by atoms with E-state index in [0.717, 1.165) is 51.4 Å². The SMILES string of the molecule is C.CN1CCN(c2cc(N)c([N+](=O)[O-])cc2C#N)CC1.CN1CCNCC1.N#Cc1cc([N+](=O)[O-])c(N)cc1F. The third-order valence-electron chi connectivity index (χ3n) is 6.08. The first kappa shape index (κ1) is 33.5. The van der Waals surface area contributed by atoms with Gasteiger partial charge in [0.15, 0.2) is 0 Å². The van der Waals surface area contributed by atoms with Crippen LogP contribution < -0.4 is 21.7 Å². The van der Waals surface area contributed by atoms with Gasteiger partial charge < -0.3 is 31.5 Å². The summed E-state index contributed by atoms with van der Waals surface area (Å²) >= 11 is 0. The Kier molecular flexibility index (Phi) is 13.2. The predicted octanol–water partition coefficient (Wildman–Crippen LogP) is 2.15. The largest absolute Gasteiger partial charge is 0.393 e. The van der Waals surface area contributed by atoms with Crippen molar-refractivity contribution in [2.45, 2.75) is 7.43 Å². The minimum absolute atomic E-state index is 0. The van der Waals surface area contributed by atoms with Crippen LogP contribution in [0.2, 0.25) is 0 Å². The van der Waals surface area contributed by atoms with Crippen LogP contribution >= 0.6 is 0 Å². The molecule has 2 aliphatic heterocycles. The zero-order valence-electron chi connectivity index (χ0n) is 21.8. The maximum Gasteiger partial charge on any atom is 0.293 e. The lowest BCUT2D eigenvalue weighted by atomic mass is 10.1. The van der Waals surface area contributed by atoms with Gasteiger partial charge in [0, 0.05) is 70.6 Å². The number of nitrogens with two attached hydrogens (primary N) is 2. The Morgan fingerprint density at radius 1 is 0.825 bits per heavy atom. The normalized spacial score (nSPS) is 15.1. The van der Waals surface area contributed by atoms with Crippen molar-refractivity contribution >= 4 is 28.4 Å². The van der Waals surface area contributed by atoms with Gasteiger partial charge in [-0.3, -0.25) is 20.2 Å². The van der Waals surface area contributed by atoms with Gasteiger partial charge in [-0.2, -0.15) is 10.5 Å². The molecule has 0 aliphatic carbocycles. The van der Waals surface area contributed by atoms with Crippen LogP contribution in [0.15, 0.2) is 24.3 Å². The number of halogens is 1. The summed E-state index contributed by atoms with van der Waals surface area (Å²) in [5, 5.41) is 41.9. The molecule has 2 aliphatic rings. The van der Waals surface area contributed by atoms with Crippen LogP contribution in [0.25, 0.3) is 0 Å². The minimum Gasteiger partial charge on any atom is -0.393 e. The van der Waals surface area contributed by atoms with E-state index < -0.39 is 21.4 Å². The fourth-order valence-electron chi connectivity index (χ4n) is 3.75. The Bertz CT molecular complexity index is 1260. The van der Waals surface area contributed by atoms with Gasteiger partial charge in [0.25, 0.3) is 11.4 Å². The number of anilines is 3. The summed E-state index contributed by atoms with van der Waals surface area (Å²) in [6.07, 6.45) is 0.